The summed E-state index contributed by atoms with van der Waals surface area (Å²) in [6, 6.07) is 0. The Kier molecular flexibility index (Phi) is 30.1. The van der Waals surface area contributed by atoms with Gasteiger partial charge in [-0.05, 0) is 6.92 Å². The van der Waals surface area contributed by atoms with Gasteiger partial charge in [0.1, 0.15) is 10.5 Å². The van der Waals surface area contributed by atoms with E-state index >= 15 is 0 Å². The normalized spacial score (nSPS) is 6.50. The molecule has 0 aliphatic rings. The van der Waals surface area contributed by atoms with Gasteiger partial charge in [-0.15, -0.1) is 0 Å². The zero-order valence-electron chi connectivity index (χ0n) is 5.12. The van der Waals surface area contributed by atoms with E-state index in [1.54, 1.807) is 0 Å². The van der Waals surface area contributed by atoms with Crippen molar-refractivity contribution in [3.05, 3.63) is 0 Å². The van der Waals surface area contributed by atoms with Crippen molar-refractivity contribution in [3.63, 3.8) is 0 Å². The van der Waals surface area contributed by atoms with Gasteiger partial charge in [-0.1, -0.05) is 13.8 Å². The van der Waals surface area contributed by atoms with E-state index in [0.717, 1.165) is 17.1 Å². The average Bonchev–Trinajstić information content (AvgIpc) is 1.72. The molecule has 0 aromatic heterocycles. The molecule has 0 fully saturated rings. The number of hydrogen-bond donors (Lipinski definition) is 0. The highest BCUT2D eigenvalue weighted by Crippen LogP contribution is 1.50. The van der Waals surface area contributed by atoms with Crippen LogP contribution in [0.3, 0.4) is 0 Å². The molecule has 1 nitrogen and oxygen atoms in total. The molecule has 40 valence electrons. The van der Waals surface area contributed by atoms with Crippen LogP contribution in [-0.4, -0.2) is 17.1 Å². The Morgan fingerprint density at radius 3 is 1.67 bits per heavy atom. The molecule has 0 radical (unpaired) electrons. The Bertz CT molecular complexity index is 9.51. The third-order valence-electron chi connectivity index (χ3n) is 0.289. The lowest BCUT2D eigenvalue weighted by atomic mass is 10.9. The maximum absolute atomic E-state index is 4.68. The molecule has 0 spiro atoms. The molecule has 0 amide bonds. The van der Waals surface area contributed by atoms with E-state index in [2.05, 4.69) is 4.43 Å². The molecule has 0 saturated carbocycles. The second kappa shape index (κ2) is 19.1. The molecule has 6 heavy (non-hydrogen) atoms. The number of rotatable bonds is 1. The van der Waals surface area contributed by atoms with Gasteiger partial charge in [0.05, 0.1) is 0 Å². The molecule has 0 heterocycles. The first-order valence-electron chi connectivity index (χ1n) is 2.40. The van der Waals surface area contributed by atoms with Gasteiger partial charge in [0.25, 0.3) is 0 Å². The third-order valence-corrected chi connectivity index (χ3v) is 0.866. The van der Waals surface area contributed by atoms with Gasteiger partial charge in [0.2, 0.25) is 0 Å². The minimum absolute atomic E-state index is 0.881. The lowest BCUT2D eigenvalue weighted by Crippen LogP contribution is -1.76. The van der Waals surface area contributed by atoms with Gasteiger partial charge < -0.3 is 4.43 Å². The summed E-state index contributed by atoms with van der Waals surface area (Å²) in [6.45, 7) is 6.87. The van der Waals surface area contributed by atoms with Crippen molar-refractivity contribution >= 4 is 10.5 Å². The van der Waals surface area contributed by atoms with Crippen LogP contribution >= 0.6 is 0 Å². The van der Waals surface area contributed by atoms with Crippen molar-refractivity contribution in [2.75, 3.05) is 6.61 Å². The summed E-state index contributed by atoms with van der Waals surface area (Å²) < 4.78 is 4.68. The van der Waals surface area contributed by atoms with E-state index in [9.17, 15) is 0 Å². The molecule has 0 aliphatic carbocycles. The van der Waals surface area contributed by atoms with E-state index in [4.69, 9.17) is 0 Å². The van der Waals surface area contributed by atoms with Crippen molar-refractivity contribution in [1.29, 1.82) is 0 Å². The Labute approximate surface area is 43.2 Å². The quantitative estimate of drug-likeness (QED) is 0.438. The van der Waals surface area contributed by atoms with Crippen molar-refractivity contribution in [3.8, 4) is 0 Å². The van der Waals surface area contributed by atoms with E-state index in [1.165, 1.54) is 0 Å². The summed E-state index contributed by atoms with van der Waals surface area (Å²) in [5.41, 5.74) is 0. The van der Waals surface area contributed by atoms with Crippen LogP contribution in [-0.2, 0) is 4.43 Å². The van der Waals surface area contributed by atoms with Crippen molar-refractivity contribution in [2.24, 2.45) is 0 Å². The van der Waals surface area contributed by atoms with Gasteiger partial charge in [0.15, 0.2) is 0 Å². The smallest absolute Gasteiger partial charge is 0.145 e. The Morgan fingerprint density at radius 2 is 1.67 bits per heavy atom. The predicted molar refractivity (Wildman–Crippen MR) is 32.9 cm³/mol. The minimum atomic E-state index is 0.881. The molecule has 0 aromatic carbocycles. The first-order chi connectivity index (χ1) is 2.91. The van der Waals surface area contributed by atoms with Crippen molar-refractivity contribution in [1.82, 2.24) is 0 Å². The fourth-order valence-corrected chi connectivity index (χ4v) is 0. The van der Waals surface area contributed by atoms with Crippen LogP contribution in [0.1, 0.15) is 20.8 Å². The van der Waals surface area contributed by atoms with E-state index in [1.807, 2.05) is 20.8 Å². The number of hydrogen-bond acceptors (Lipinski definition) is 1. The van der Waals surface area contributed by atoms with Crippen LogP contribution in [0, 0.1) is 0 Å². The molecule has 0 unspecified atom stereocenters. The second-order valence-electron chi connectivity index (χ2n) is 0.577. The van der Waals surface area contributed by atoms with Crippen LogP contribution in [0.4, 0.5) is 0 Å². The van der Waals surface area contributed by atoms with Crippen LogP contribution in [0.25, 0.3) is 0 Å². The van der Waals surface area contributed by atoms with Gasteiger partial charge >= 0.3 is 0 Å². The van der Waals surface area contributed by atoms with Gasteiger partial charge in [0, 0.05) is 6.61 Å². The highest BCUT2D eigenvalue weighted by molar-refractivity contribution is 5.97. The fourth-order valence-electron chi connectivity index (χ4n) is 0. The molecule has 0 aromatic rings. The Balaban J connectivity index is 0. The van der Waals surface area contributed by atoms with Gasteiger partial charge in [-0.2, -0.15) is 0 Å². The zero-order chi connectivity index (χ0) is 5.41. The molecular formula is C4H14OSi. The van der Waals surface area contributed by atoms with E-state index in [-0.39, 0.29) is 0 Å². The maximum Gasteiger partial charge on any atom is 0.145 e. The van der Waals surface area contributed by atoms with Crippen LogP contribution in [0.5, 0.6) is 0 Å². The summed E-state index contributed by atoms with van der Waals surface area (Å²) in [4.78, 5) is 0. The topological polar surface area (TPSA) is 9.23 Å². The largest absolute Gasteiger partial charge is 0.428 e. The SMILES string of the molecule is CC.CCO[SiH3]. The van der Waals surface area contributed by atoms with E-state index < -0.39 is 0 Å². The average molecular weight is 106 g/mol. The molecule has 0 saturated heterocycles. The summed E-state index contributed by atoms with van der Waals surface area (Å²) in [5, 5.41) is 0. The van der Waals surface area contributed by atoms with Crippen molar-refractivity contribution < 1.29 is 4.43 Å². The molecule has 0 rings (SSSR count). The second-order valence-corrected chi connectivity index (χ2v) is 1.15. The summed E-state index contributed by atoms with van der Waals surface area (Å²) in [5.74, 6) is 0. The predicted octanol–water partition coefficient (Wildman–Crippen LogP) is 0.329. The van der Waals surface area contributed by atoms with E-state index in [0.29, 0.717) is 0 Å². The summed E-state index contributed by atoms with van der Waals surface area (Å²) >= 11 is 0. The molecule has 0 atom stereocenters. The zero-order valence-corrected chi connectivity index (χ0v) is 7.12. The van der Waals surface area contributed by atoms with Crippen LogP contribution in [0.15, 0.2) is 0 Å². The lowest BCUT2D eigenvalue weighted by molar-refractivity contribution is 0.375. The highest BCUT2D eigenvalue weighted by Gasteiger charge is 1.51. The van der Waals surface area contributed by atoms with Gasteiger partial charge in [-0.25, -0.2) is 0 Å². The monoisotopic (exact) mass is 106 g/mol. The van der Waals surface area contributed by atoms with Crippen LogP contribution in [0.2, 0.25) is 0 Å². The first-order valence-corrected chi connectivity index (χ1v) is 3.22. The van der Waals surface area contributed by atoms with Crippen LogP contribution < -0.4 is 0 Å². The maximum atomic E-state index is 4.68. The summed E-state index contributed by atoms with van der Waals surface area (Å²) in [6.07, 6.45) is 0. The standard InChI is InChI=1S/C2H8OSi.C2H6/c1-2-3-4;1-2/h2H2,1,4H3;1-2H3. The molecule has 0 N–H and O–H groups in total. The molecule has 0 aliphatic heterocycles. The summed E-state index contributed by atoms with van der Waals surface area (Å²) in [7, 11) is 0.890. The molecular weight excluding hydrogens is 92.1 g/mol. The molecule has 0 bridgehead atoms. The van der Waals surface area contributed by atoms with Gasteiger partial charge in [-0.3, -0.25) is 0 Å². The Hall–Kier alpha value is 0.177. The first kappa shape index (κ1) is 9.49. The highest BCUT2D eigenvalue weighted by atomic mass is 28.2. The third kappa shape index (κ3) is 30.4. The fraction of sp³-hybridized carbons (Fsp3) is 1.00. The minimum Gasteiger partial charge on any atom is -0.428 e. The van der Waals surface area contributed by atoms with Crippen molar-refractivity contribution in [2.45, 2.75) is 20.8 Å². The molecule has 2 heteroatoms. The Morgan fingerprint density at radius 1 is 1.50 bits per heavy atom. The lowest BCUT2D eigenvalue weighted by Gasteiger charge is -1.77.